The number of nitrogens with zero attached hydrogens (tertiary/aromatic N) is 1. The molecule has 3 rings (SSSR count). The number of aliphatic hydroxyl groups excluding tert-OH is 1. The monoisotopic (exact) mass is 277 g/mol. The van der Waals surface area contributed by atoms with E-state index in [1.807, 2.05) is 28.3 Å². The maximum atomic E-state index is 11.7. The molecule has 5 heteroatoms. The second kappa shape index (κ2) is 4.83. The van der Waals surface area contributed by atoms with Gasteiger partial charge in [0.15, 0.2) is 0 Å². The van der Waals surface area contributed by atoms with Crippen molar-refractivity contribution in [2.24, 2.45) is 0 Å². The van der Waals surface area contributed by atoms with Crippen LogP contribution in [0.4, 0.5) is 0 Å². The first-order valence-corrected chi connectivity index (χ1v) is 7.14. The van der Waals surface area contributed by atoms with Crippen molar-refractivity contribution in [2.75, 3.05) is 7.11 Å². The number of fused-ring (bicyclic) bond motifs is 1. The number of hydrogen-bond donors (Lipinski definition) is 1. The summed E-state index contributed by atoms with van der Waals surface area (Å²) < 4.78 is 6.81. The summed E-state index contributed by atoms with van der Waals surface area (Å²) in [5.74, 6) is -0.316. The van der Waals surface area contributed by atoms with Crippen molar-refractivity contribution in [3.63, 3.8) is 0 Å². The minimum absolute atomic E-state index is 0.316. The molecule has 0 amide bonds. The highest BCUT2D eigenvalue weighted by Gasteiger charge is 2.24. The molecule has 1 aliphatic rings. The second-order valence-corrected chi connectivity index (χ2v) is 5.54. The van der Waals surface area contributed by atoms with Crippen LogP contribution >= 0.6 is 11.3 Å². The molecule has 0 aliphatic heterocycles. The average Bonchev–Trinajstić information content (AvgIpc) is 3.04. The number of carbonyl (C=O) groups is 1. The Balaban J connectivity index is 2.09. The maximum absolute atomic E-state index is 11.7. The Hall–Kier alpha value is -1.59. The molecule has 0 spiro atoms. The van der Waals surface area contributed by atoms with Crippen LogP contribution in [0, 0.1) is 0 Å². The third-order valence-electron chi connectivity index (χ3n) is 3.55. The first kappa shape index (κ1) is 12.4. The van der Waals surface area contributed by atoms with Crippen molar-refractivity contribution in [3.8, 4) is 5.69 Å². The molecule has 1 atom stereocenters. The van der Waals surface area contributed by atoms with Gasteiger partial charge in [0.05, 0.1) is 18.9 Å². The molecule has 1 aliphatic carbocycles. The Kier molecular flexibility index (Phi) is 3.16. The van der Waals surface area contributed by atoms with E-state index in [0.717, 1.165) is 36.2 Å². The van der Waals surface area contributed by atoms with Gasteiger partial charge in [-0.2, -0.15) is 0 Å². The van der Waals surface area contributed by atoms with Gasteiger partial charge < -0.3 is 14.4 Å². The summed E-state index contributed by atoms with van der Waals surface area (Å²) in [6.07, 6.45) is 4.24. The number of aliphatic hydroxyl groups is 1. The Morgan fingerprint density at radius 3 is 3.16 bits per heavy atom. The first-order chi connectivity index (χ1) is 9.22. The smallest absolute Gasteiger partial charge is 0.350 e. The fourth-order valence-corrected chi connectivity index (χ4v) is 3.43. The van der Waals surface area contributed by atoms with Crippen LogP contribution in [0.1, 0.15) is 39.9 Å². The number of thiophene rings is 1. The number of rotatable bonds is 2. The predicted octanol–water partition coefficient (Wildman–Crippen LogP) is 2.70. The molecule has 0 saturated carbocycles. The van der Waals surface area contributed by atoms with Gasteiger partial charge in [0.2, 0.25) is 0 Å². The van der Waals surface area contributed by atoms with E-state index in [0.29, 0.717) is 4.88 Å². The molecule has 0 bridgehead atoms. The number of hydrogen-bond acceptors (Lipinski definition) is 4. The number of aromatic nitrogens is 1. The van der Waals surface area contributed by atoms with E-state index in [9.17, 15) is 9.90 Å². The molecule has 0 fully saturated rings. The standard InChI is InChI=1S/C14H15NO3S/c1-18-14(17)13-11(6-8-19-13)15-7-5-9-10(15)3-2-4-12(9)16/h5-8,12,16H,2-4H2,1H3. The molecular weight excluding hydrogens is 262 g/mol. The van der Waals surface area contributed by atoms with Gasteiger partial charge in [0, 0.05) is 17.5 Å². The van der Waals surface area contributed by atoms with E-state index in [4.69, 9.17) is 4.74 Å². The van der Waals surface area contributed by atoms with E-state index in [-0.39, 0.29) is 12.1 Å². The highest BCUT2D eigenvalue weighted by Crippen LogP contribution is 2.33. The molecule has 19 heavy (non-hydrogen) atoms. The van der Waals surface area contributed by atoms with Crippen LogP contribution in [0.5, 0.6) is 0 Å². The normalized spacial score (nSPS) is 18.1. The topological polar surface area (TPSA) is 51.5 Å². The van der Waals surface area contributed by atoms with E-state index in [2.05, 4.69) is 0 Å². The highest BCUT2D eigenvalue weighted by molar-refractivity contribution is 7.12. The van der Waals surface area contributed by atoms with Crippen molar-refractivity contribution in [1.29, 1.82) is 0 Å². The molecule has 2 aromatic rings. The number of esters is 1. The maximum Gasteiger partial charge on any atom is 0.350 e. The predicted molar refractivity (Wildman–Crippen MR) is 72.9 cm³/mol. The van der Waals surface area contributed by atoms with Crippen LogP contribution in [0.15, 0.2) is 23.7 Å². The quantitative estimate of drug-likeness (QED) is 0.859. The van der Waals surface area contributed by atoms with Gasteiger partial charge in [-0.25, -0.2) is 4.79 Å². The molecule has 2 heterocycles. The SMILES string of the molecule is COC(=O)c1sccc1-n1ccc2c1CCCC2O. The minimum Gasteiger partial charge on any atom is -0.465 e. The van der Waals surface area contributed by atoms with Crippen LogP contribution in [0.2, 0.25) is 0 Å². The fraction of sp³-hybridized carbons (Fsp3) is 0.357. The zero-order valence-corrected chi connectivity index (χ0v) is 11.4. The Labute approximate surface area is 115 Å². The highest BCUT2D eigenvalue weighted by atomic mass is 32.1. The summed E-state index contributed by atoms with van der Waals surface area (Å²) in [5, 5.41) is 11.9. The third-order valence-corrected chi connectivity index (χ3v) is 4.44. The largest absolute Gasteiger partial charge is 0.465 e. The molecule has 4 nitrogen and oxygen atoms in total. The van der Waals surface area contributed by atoms with E-state index < -0.39 is 0 Å². The molecule has 0 aromatic carbocycles. The van der Waals surface area contributed by atoms with Gasteiger partial charge in [0.25, 0.3) is 0 Å². The van der Waals surface area contributed by atoms with Crippen LogP contribution in [-0.2, 0) is 11.2 Å². The molecule has 1 N–H and O–H groups in total. The molecule has 1 unspecified atom stereocenters. The van der Waals surface area contributed by atoms with Gasteiger partial charge in [-0.1, -0.05) is 0 Å². The average molecular weight is 277 g/mol. The summed E-state index contributed by atoms with van der Waals surface area (Å²) in [6.45, 7) is 0. The Morgan fingerprint density at radius 1 is 1.53 bits per heavy atom. The van der Waals surface area contributed by atoms with Crippen molar-refractivity contribution >= 4 is 17.3 Å². The number of ether oxygens (including phenoxy) is 1. The first-order valence-electron chi connectivity index (χ1n) is 6.26. The Bertz CT molecular complexity index is 614. The zero-order chi connectivity index (χ0) is 13.4. The van der Waals surface area contributed by atoms with E-state index in [1.54, 1.807) is 0 Å². The molecule has 100 valence electrons. The van der Waals surface area contributed by atoms with E-state index in [1.165, 1.54) is 18.4 Å². The molecule has 0 radical (unpaired) electrons. The van der Waals surface area contributed by atoms with Crippen LogP contribution < -0.4 is 0 Å². The van der Waals surface area contributed by atoms with Crippen molar-refractivity contribution in [2.45, 2.75) is 25.4 Å². The lowest BCUT2D eigenvalue weighted by atomic mass is 9.95. The second-order valence-electron chi connectivity index (χ2n) is 4.62. The summed E-state index contributed by atoms with van der Waals surface area (Å²) in [7, 11) is 1.39. The summed E-state index contributed by atoms with van der Waals surface area (Å²) in [5.41, 5.74) is 2.92. The fourth-order valence-electron chi connectivity index (χ4n) is 2.63. The lowest BCUT2D eigenvalue weighted by molar-refractivity contribution is 0.0606. The number of methoxy groups -OCH3 is 1. The van der Waals surface area contributed by atoms with Gasteiger partial charge in [-0.15, -0.1) is 11.3 Å². The van der Waals surface area contributed by atoms with Gasteiger partial charge in [-0.05, 0) is 36.8 Å². The van der Waals surface area contributed by atoms with Crippen LogP contribution in [0.3, 0.4) is 0 Å². The van der Waals surface area contributed by atoms with E-state index >= 15 is 0 Å². The minimum atomic E-state index is -0.384. The lowest BCUT2D eigenvalue weighted by Gasteiger charge is -2.20. The molecule has 2 aromatic heterocycles. The van der Waals surface area contributed by atoms with Gasteiger partial charge in [0.1, 0.15) is 4.88 Å². The Morgan fingerprint density at radius 2 is 2.37 bits per heavy atom. The van der Waals surface area contributed by atoms with Gasteiger partial charge in [-0.3, -0.25) is 0 Å². The van der Waals surface area contributed by atoms with Crippen LogP contribution in [-0.4, -0.2) is 22.8 Å². The van der Waals surface area contributed by atoms with Crippen molar-refractivity contribution < 1.29 is 14.6 Å². The van der Waals surface area contributed by atoms with Gasteiger partial charge >= 0.3 is 5.97 Å². The zero-order valence-electron chi connectivity index (χ0n) is 10.6. The molecule has 0 saturated heterocycles. The summed E-state index contributed by atoms with van der Waals surface area (Å²) >= 11 is 1.37. The van der Waals surface area contributed by atoms with Crippen LogP contribution in [0.25, 0.3) is 5.69 Å². The van der Waals surface area contributed by atoms with Crippen molar-refractivity contribution in [3.05, 3.63) is 39.8 Å². The summed E-state index contributed by atoms with van der Waals surface area (Å²) in [4.78, 5) is 12.3. The number of carbonyl (C=O) groups excluding carboxylic acids is 1. The summed E-state index contributed by atoms with van der Waals surface area (Å²) in [6, 6.07) is 3.86. The molecular formula is C14H15NO3S. The van der Waals surface area contributed by atoms with Crippen molar-refractivity contribution in [1.82, 2.24) is 4.57 Å². The lowest BCUT2D eigenvalue weighted by Crippen LogP contribution is -2.12. The third kappa shape index (κ3) is 1.99.